The average molecular weight is 291 g/mol. The first-order chi connectivity index (χ1) is 9.85. The van der Waals surface area contributed by atoms with Crippen LogP contribution in [0.15, 0.2) is 18.2 Å². The van der Waals surface area contributed by atoms with Crippen molar-refractivity contribution in [1.82, 2.24) is 5.32 Å². The van der Waals surface area contributed by atoms with Gasteiger partial charge in [-0.05, 0) is 31.9 Å². The van der Waals surface area contributed by atoms with Crippen molar-refractivity contribution < 1.29 is 19.5 Å². The van der Waals surface area contributed by atoms with Gasteiger partial charge in [0.25, 0.3) is 0 Å². The number of Topliss-reactive ketones (excluding diaryl/α,β-unsaturated/α-hetero) is 1. The Morgan fingerprint density at radius 1 is 1.19 bits per heavy atom. The summed E-state index contributed by atoms with van der Waals surface area (Å²) in [6, 6.07) is 4.72. The van der Waals surface area contributed by atoms with Crippen LogP contribution in [0.2, 0.25) is 0 Å². The van der Waals surface area contributed by atoms with Crippen LogP contribution < -0.4 is 5.32 Å². The maximum Gasteiger partial charge on any atom is 0.326 e. The molecule has 0 spiro atoms. The van der Waals surface area contributed by atoms with Crippen LogP contribution in [-0.2, 0) is 9.59 Å². The number of aryl methyl sites for hydroxylation is 2. The molecule has 1 amide bonds. The van der Waals surface area contributed by atoms with Gasteiger partial charge >= 0.3 is 5.97 Å². The summed E-state index contributed by atoms with van der Waals surface area (Å²) in [5.74, 6) is -1.58. The van der Waals surface area contributed by atoms with Crippen molar-refractivity contribution in [2.75, 3.05) is 0 Å². The molecular weight excluding hydrogens is 270 g/mol. The number of nitrogens with one attached hydrogen (secondary N) is 1. The van der Waals surface area contributed by atoms with Crippen LogP contribution in [0.25, 0.3) is 0 Å². The molecule has 0 saturated carbocycles. The molecule has 0 bridgehead atoms. The number of carboxylic acids is 1. The van der Waals surface area contributed by atoms with Gasteiger partial charge in [-0.3, -0.25) is 9.59 Å². The molecule has 5 heteroatoms. The fourth-order valence-corrected chi connectivity index (χ4v) is 2.00. The highest BCUT2D eigenvalue weighted by Crippen LogP contribution is 2.13. The second-order valence-corrected chi connectivity index (χ2v) is 5.11. The topological polar surface area (TPSA) is 83.5 Å². The molecule has 0 aromatic heterocycles. The van der Waals surface area contributed by atoms with E-state index in [-0.39, 0.29) is 18.6 Å². The number of ketones is 1. The number of carboxylic acid groups (broad SMARTS) is 1. The van der Waals surface area contributed by atoms with Gasteiger partial charge in [-0.25, -0.2) is 4.79 Å². The molecule has 0 radical (unpaired) electrons. The number of rotatable bonds is 7. The highest BCUT2D eigenvalue weighted by atomic mass is 16.4. The molecule has 5 nitrogen and oxygen atoms in total. The summed E-state index contributed by atoms with van der Waals surface area (Å²) in [6.45, 7) is 5.44. The van der Waals surface area contributed by atoms with Crippen molar-refractivity contribution in [2.45, 2.75) is 46.1 Å². The summed E-state index contributed by atoms with van der Waals surface area (Å²) >= 11 is 0. The average Bonchev–Trinajstić information content (AvgIpc) is 2.44. The quantitative estimate of drug-likeness (QED) is 0.755. The van der Waals surface area contributed by atoms with Gasteiger partial charge in [-0.1, -0.05) is 24.6 Å². The Balaban J connectivity index is 2.58. The van der Waals surface area contributed by atoms with E-state index in [0.717, 1.165) is 11.1 Å². The van der Waals surface area contributed by atoms with Gasteiger partial charge in [0.05, 0.1) is 0 Å². The molecule has 0 aliphatic heterocycles. The first-order valence-corrected chi connectivity index (χ1v) is 6.97. The third-order valence-electron chi connectivity index (χ3n) is 3.31. The lowest BCUT2D eigenvalue weighted by Crippen LogP contribution is -2.40. The predicted molar refractivity (Wildman–Crippen MR) is 79.3 cm³/mol. The summed E-state index contributed by atoms with van der Waals surface area (Å²) in [5.41, 5.74) is 2.49. The predicted octanol–water partition coefficient (Wildman–Crippen LogP) is 2.25. The molecule has 0 saturated heterocycles. The van der Waals surface area contributed by atoms with Gasteiger partial charge in [0.2, 0.25) is 5.91 Å². The van der Waals surface area contributed by atoms with E-state index in [4.69, 9.17) is 5.11 Å². The third kappa shape index (κ3) is 5.02. The molecule has 0 aliphatic carbocycles. The van der Waals surface area contributed by atoms with Crippen LogP contribution in [0.1, 0.15) is 47.7 Å². The van der Waals surface area contributed by atoms with E-state index in [1.807, 2.05) is 32.0 Å². The van der Waals surface area contributed by atoms with Crippen molar-refractivity contribution in [3.8, 4) is 0 Å². The maximum atomic E-state index is 12.1. The van der Waals surface area contributed by atoms with Crippen LogP contribution in [0, 0.1) is 13.8 Å². The number of amides is 1. The van der Waals surface area contributed by atoms with E-state index in [1.165, 1.54) is 0 Å². The molecule has 0 heterocycles. The largest absolute Gasteiger partial charge is 0.480 e. The van der Waals surface area contributed by atoms with Crippen molar-refractivity contribution in [3.05, 3.63) is 34.9 Å². The van der Waals surface area contributed by atoms with Crippen LogP contribution >= 0.6 is 0 Å². The fraction of sp³-hybridized carbons (Fsp3) is 0.438. The monoisotopic (exact) mass is 291 g/mol. The molecule has 1 unspecified atom stereocenters. The van der Waals surface area contributed by atoms with E-state index < -0.39 is 17.9 Å². The highest BCUT2D eigenvalue weighted by molar-refractivity contribution is 5.99. The number of hydrogen-bond acceptors (Lipinski definition) is 3. The molecule has 1 rings (SSSR count). The highest BCUT2D eigenvalue weighted by Gasteiger charge is 2.18. The molecule has 114 valence electrons. The Morgan fingerprint density at radius 2 is 1.86 bits per heavy atom. The summed E-state index contributed by atoms with van der Waals surface area (Å²) < 4.78 is 0. The maximum absolute atomic E-state index is 12.1. The fourth-order valence-electron chi connectivity index (χ4n) is 2.00. The zero-order valence-corrected chi connectivity index (χ0v) is 12.6. The summed E-state index contributed by atoms with van der Waals surface area (Å²) in [5, 5.41) is 11.3. The smallest absolute Gasteiger partial charge is 0.326 e. The summed E-state index contributed by atoms with van der Waals surface area (Å²) in [6.07, 6.45) is 0.383. The molecule has 21 heavy (non-hydrogen) atoms. The molecule has 1 aromatic rings. The molecule has 2 N–H and O–H groups in total. The minimum absolute atomic E-state index is 0.00397. The first kappa shape index (κ1) is 16.9. The van der Waals surface area contributed by atoms with Gasteiger partial charge < -0.3 is 10.4 Å². The lowest BCUT2D eigenvalue weighted by molar-refractivity contribution is -0.141. The standard InChI is InChI=1S/C16H21NO4/c1-4-13(16(20)21)17-15(19)8-7-14(18)12-9-10(2)5-6-11(12)3/h5-6,9,13H,4,7-8H2,1-3H3,(H,17,19)(H,20,21). The lowest BCUT2D eigenvalue weighted by atomic mass is 9.99. The van der Waals surface area contributed by atoms with Crippen molar-refractivity contribution in [3.63, 3.8) is 0 Å². The Morgan fingerprint density at radius 3 is 2.43 bits per heavy atom. The number of benzene rings is 1. The van der Waals surface area contributed by atoms with Crippen LogP contribution in [0.4, 0.5) is 0 Å². The Kier molecular flexibility index (Phi) is 6.09. The van der Waals surface area contributed by atoms with Gasteiger partial charge in [0.1, 0.15) is 6.04 Å². The van der Waals surface area contributed by atoms with Crippen molar-refractivity contribution >= 4 is 17.7 Å². The number of aliphatic carboxylic acids is 1. The SMILES string of the molecule is CCC(NC(=O)CCC(=O)c1cc(C)ccc1C)C(=O)O. The van der Waals surface area contributed by atoms with Crippen LogP contribution in [0.5, 0.6) is 0 Å². The van der Waals surface area contributed by atoms with E-state index in [1.54, 1.807) is 6.92 Å². The third-order valence-corrected chi connectivity index (χ3v) is 3.31. The summed E-state index contributed by atoms with van der Waals surface area (Å²) in [7, 11) is 0. The zero-order valence-electron chi connectivity index (χ0n) is 12.6. The zero-order chi connectivity index (χ0) is 16.0. The van der Waals surface area contributed by atoms with Crippen molar-refractivity contribution in [1.29, 1.82) is 0 Å². The molecule has 0 aliphatic rings. The van der Waals surface area contributed by atoms with Gasteiger partial charge in [-0.15, -0.1) is 0 Å². The van der Waals surface area contributed by atoms with E-state index in [0.29, 0.717) is 12.0 Å². The van der Waals surface area contributed by atoms with E-state index >= 15 is 0 Å². The van der Waals surface area contributed by atoms with Crippen LogP contribution in [-0.4, -0.2) is 28.8 Å². The number of hydrogen-bond donors (Lipinski definition) is 2. The molecule has 0 fully saturated rings. The second-order valence-electron chi connectivity index (χ2n) is 5.11. The first-order valence-electron chi connectivity index (χ1n) is 6.97. The molecule has 1 atom stereocenters. The van der Waals surface area contributed by atoms with E-state index in [2.05, 4.69) is 5.32 Å². The van der Waals surface area contributed by atoms with Crippen LogP contribution in [0.3, 0.4) is 0 Å². The van der Waals surface area contributed by atoms with Gasteiger partial charge in [0, 0.05) is 18.4 Å². The minimum atomic E-state index is -1.06. The van der Waals surface area contributed by atoms with E-state index in [9.17, 15) is 14.4 Å². The second kappa shape index (κ2) is 7.57. The van der Waals surface area contributed by atoms with Crippen molar-refractivity contribution in [2.24, 2.45) is 0 Å². The van der Waals surface area contributed by atoms with Gasteiger partial charge in [-0.2, -0.15) is 0 Å². The Hall–Kier alpha value is -2.17. The van der Waals surface area contributed by atoms with Gasteiger partial charge in [0.15, 0.2) is 5.78 Å². The number of carbonyl (C=O) groups excluding carboxylic acids is 2. The lowest BCUT2D eigenvalue weighted by Gasteiger charge is -2.12. The molecular formula is C16H21NO4. The molecule has 1 aromatic carbocycles. The number of carbonyl (C=O) groups is 3. The Labute approximate surface area is 124 Å². The minimum Gasteiger partial charge on any atom is -0.480 e. The normalized spacial score (nSPS) is 11.8. The Bertz CT molecular complexity index is 551. The summed E-state index contributed by atoms with van der Waals surface area (Å²) in [4.78, 5) is 34.6.